The average Bonchev–Trinajstić information content (AvgIpc) is 2.83. The van der Waals surface area contributed by atoms with Crippen molar-refractivity contribution in [1.29, 1.82) is 0 Å². The van der Waals surface area contributed by atoms with Crippen LogP contribution < -0.4 is 10.1 Å². The lowest BCUT2D eigenvalue weighted by atomic mass is 10.1. The zero-order valence-corrected chi connectivity index (χ0v) is 10.2. The summed E-state index contributed by atoms with van der Waals surface area (Å²) in [6.45, 7) is 0.448. The van der Waals surface area contributed by atoms with Crippen LogP contribution in [0.2, 0.25) is 0 Å². The molecular formula is C15H13NO3. The van der Waals surface area contributed by atoms with E-state index in [0.29, 0.717) is 12.2 Å². The first kappa shape index (κ1) is 11.6. The summed E-state index contributed by atoms with van der Waals surface area (Å²) in [6.07, 6.45) is 0. The van der Waals surface area contributed by atoms with E-state index in [1.165, 1.54) is 12.1 Å². The summed E-state index contributed by atoms with van der Waals surface area (Å²) in [5, 5.41) is 12.1. The van der Waals surface area contributed by atoms with Crippen molar-refractivity contribution in [2.75, 3.05) is 6.61 Å². The minimum Gasteiger partial charge on any atom is -0.508 e. The van der Waals surface area contributed by atoms with E-state index >= 15 is 0 Å². The largest absolute Gasteiger partial charge is 0.508 e. The second-order valence-electron chi connectivity index (χ2n) is 4.42. The van der Waals surface area contributed by atoms with E-state index in [9.17, 15) is 9.90 Å². The molecule has 0 spiro atoms. The van der Waals surface area contributed by atoms with Crippen LogP contribution >= 0.6 is 0 Å². The van der Waals surface area contributed by atoms with Gasteiger partial charge in [-0.15, -0.1) is 0 Å². The fraction of sp³-hybridized carbons (Fsp3) is 0.133. The zero-order chi connectivity index (χ0) is 13.2. The predicted octanol–water partition coefficient (Wildman–Crippen LogP) is 2.26. The highest BCUT2D eigenvalue weighted by molar-refractivity contribution is 5.94. The van der Waals surface area contributed by atoms with E-state index in [4.69, 9.17) is 4.74 Å². The predicted molar refractivity (Wildman–Crippen MR) is 70.3 cm³/mol. The van der Waals surface area contributed by atoms with Gasteiger partial charge in [0.25, 0.3) is 5.91 Å². The Morgan fingerprint density at radius 1 is 1.16 bits per heavy atom. The van der Waals surface area contributed by atoms with Gasteiger partial charge < -0.3 is 15.2 Å². The Kier molecular flexibility index (Phi) is 2.83. The second kappa shape index (κ2) is 4.65. The van der Waals surface area contributed by atoms with E-state index < -0.39 is 0 Å². The summed E-state index contributed by atoms with van der Waals surface area (Å²) >= 11 is 0. The summed E-state index contributed by atoms with van der Waals surface area (Å²) in [5.41, 5.74) is 1.51. The first-order valence-corrected chi connectivity index (χ1v) is 6.05. The molecular weight excluding hydrogens is 242 g/mol. The average molecular weight is 255 g/mol. The molecule has 0 fully saturated rings. The molecule has 96 valence electrons. The molecule has 3 rings (SSSR count). The molecule has 0 aromatic heterocycles. The molecule has 19 heavy (non-hydrogen) atoms. The molecule has 1 amide bonds. The lowest BCUT2D eigenvalue weighted by Gasteiger charge is -2.11. The van der Waals surface area contributed by atoms with Gasteiger partial charge in [-0.1, -0.05) is 18.2 Å². The van der Waals surface area contributed by atoms with Gasteiger partial charge in [-0.25, -0.2) is 0 Å². The minimum absolute atomic E-state index is 0.127. The number of carbonyl (C=O) groups excluding carboxylic acids is 1. The van der Waals surface area contributed by atoms with E-state index in [2.05, 4.69) is 5.32 Å². The maximum Gasteiger partial charge on any atom is 0.251 e. The molecule has 1 aliphatic rings. The molecule has 0 aliphatic carbocycles. The van der Waals surface area contributed by atoms with Crippen LogP contribution in [0.5, 0.6) is 11.5 Å². The van der Waals surface area contributed by atoms with Crippen molar-refractivity contribution < 1.29 is 14.6 Å². The van der Waals surface area contributed by atoms with Gasteiger partial charge in [0, 0.05) is 11.1 Å². The van der Waals surface area contributed by atoms with Crippen LogP contribution in [0.3, 0.4) is 0 Å². The fourth-order valence-electron chi connectivity index (χ4n) is 2.14. The molecule has 0 saturated carbocycles. The van der Waals surface area contributed by atoms with Crippen LogP contribution in [0.4, 0.5) is 0 Å². The summed E-state index contributed by atoms with van der Waals surface area (Å²) < 4.78 is 5.51. The number of phenolic OH excluding ortho intramolecular Hbond substituents is 1. The molecule has 1 heterocycles. The number of aromatic hydroxyl groups is 1. The Hall–Kier alpha value is -2.49. The van der Waals surface area contributed by atoms with Crippen LogP contribution in [0.1, 0.15) is 22.0 Å². The van der Waals surface area contributed by atoms with Crippen molar-refractivity contribution in [3.63, 3.8) is 0 Å². The van der Waals surface area contributed by atoms with Gasteiger partial charge in [0.15, 0.2) is 0 Å². The monoisotopic (exact) mass is 255 g/mol. The third-order valence-corrected chi connectivity index (χ3v) is 3.13. The Bertz CT molecular complexity index is 607. The molecule has 4 heteroatoms. The SMILES string of the molecule is O=C(NC1COc2ccccc21)c1ccc(O)cc1. The number of fused-ring (bicyclic) bond motifs is 1. The van der Waals surface area contributed by atoms with Crippen molar-refractivity contribution in [2.45, 2.75) is 6.04 Å². The van der Waals surface area contributed by atoms with E-state index in [1.54, 1.807) is 12.1 Å². The number of amides is 1. The summed E-state index contributed by atoms with van der Waals surface area (Å²) in [5.74, 6) is 0.787. The van der Waals surface area contributed by atoms with Gasteiger partial charge in [0.05, 0.1) is 6.04 Å². The van der Waals surface area contributed by atoms with E-state index in [0.717, 1.165) is 11.3 Å². The molecule has 2 aromatic rings. The first-order chi connectivity index (χ1) is 9.24. The lowest BCUT2D eigenvalue weighted by Crippen LogP contribution is -2.29. The second-order valence-corrected chi connectivity index (χ2v) is 4.42. The van der Waals surface area contributed by atoms with Crippen LogP contribution in [0.25, 0.3) is 0 Å². The number of rotatable bonds is 2. The van der Waals surface area contributed by atoms with Gasteiger partial charge in [-0.3, -0.25) is 4.79 Å². The number of carbonyl (C=O) groups is 1. The molecule has 0 bridgehead atoms. The fourth-order valence-corrected chi connectivity index (χ4v) is 2.14. The maximum atomic E-state index is 12.1. The smallest absolute Gasteiger partial charge is 0.251 e. The highest BCUT2D eigenvalue weighted by Gasteiger charge is 2.25. The molecule has 2 N–H and O–H groups in total. The Morgan fingerprint density at radius 2 is 1.89 bits per heavy atom. The Morgan fingerprint density at radius 3 is 2.68 bits per heavy atom. The normalized spacial score (nSPS) is 16.5. The Balaban J connectivity index is 1.76. The molecule has 2 aromatic carbocycles. The third kappa shape index (κ3) is 2.25. The van der Waals surface area contributed by atoms with Crippen molar-refractivity contribution in [2.24, 2.45) is 0 Å². The number of para-hydroxylation sites is 1. The van der Waals surface area contributed by atoms with E-state index in [1.807, 2.05) is 24.3 Å². The topological polar surface area (TPSA) is 58.6 Å². The Labute approximate surface area is 110 Å². The van der Waals surface area contributed by atoms with Crippen LogP contribution in [0.15, 0.2) is 48.5 Å². The van der Waals surface area contributed by atoms with Gasteiger partial charge >= 0.3 is 0 Å². The maximum absolute atomic E-state index is 12.1. The van der Waals surface area contributed by atoms with Crippen molar-refractivity contribution in [1.82, 2.24) is 5.32 Å². The lowest BCUT2D eigenvalue weighted by molar-refractivity contribution is 0.0930. The molecule has 1 atom stereocenters. The van der Waals surface area contributed by atoms with E-state index in [-0.39, 0.29) is 17.7 Å². The number of nitrogens with one attached hydrogen (secondary N) is 1. The minimum atomic E-state index is -0.176. The summed E-state index contributed by atoms with van der Waals surface area (Å²) in [6, 6.07) is 13.7. The van der Waals surface area contributed by atoms with Crippen LogP contribution in [-0.4, -0.2) is 17.6 Å². The van der Waals surface area contributed by atoms with Gasteiger partial charge in [0.1, 0.15) is 18.1 Å². The quantitative estimate of drug-likeness (QED) is 0.865. The van der Waals surface area contributed by atoms with Crippen molar-refractivity contribution >= 4 is 5.91 Å². The van der Waals surface area contributed by atoms with Crippen molar-refractivity contribution in [3.8, 4) is 11.5 Å². The molecule has 0 saturated heterocycles. The zero-order valence-electron chi connectivity index (χ0n) is 10.2. The number of phenols is 1. The molecule has 0 radical (unpaired) electrons. The summed E-state index contributed by atoms with van der Waals surface area (Å²) in [4.78, 5) is 12.1. The highest BCUT2D eigenvalue weighted by Crippen LogP contribution is 2.31. The van der Waals surface area contributed by atoms with Crippen LogP contribution in [0, 0.1) is 0 Å². The van der Waals surface area contributed by atoms with Crippen LogP contribution in [-0.2, 0) is 0 Å². The van der Waals surface area contributed by atoms with Gasteiger partial charge in [-0.05, 0) is 30.3 Å². The van der Waals surface area contributed by atoms with Gasteiger partial charge in [0.2, 0.25) is 0 Å². The molecule has 1 unspecified atom stereocenters. The third-order valence-electron chi connectivity index (χ3n) is 3.13. The molecule has 1 aliphatic heterocycles. The molecule has 4 nitrogen and oxygen atoms in total. The standard InChI is InChI=1S/C15H13NO3/c17-11-7-5-10(6-8-11)15(18)16-13-9-19-14-4-2-1-3-12(13)14/h1-8,13,17H,9H2,(H,16,18). The first-order valence-electron chi connectivity index (χ1n) is 6.05. The number of hydrogen-bond acceptors (Lipinski definition) is 3. The van der Waals surface area contributed by atoms with Gasteiger partial charge in [-0.2, -0.15) is 0 Å². The number of ether oxygens (including phenoxy) is 1. The number of hydrogen-bond donors (Lipinski definition) is 2. The van der Waals surface area contributed by atoms with Crippen molar-refractivity contribution in [3.05, 3.63) is 59.7 Å². The highest BCUT2D eigenvalue weighted by atomic mass is 16.5. The number of benzene rings is 2. The summed E-state index contributed by atoms with van der Waals surface area (Å²) in [7, 11) is 0.